The minimum atomic E-state index is 0.337. The van der Waals surface area contributed by atoms with Crippen molar-refractivity contribution in [1.82, 2.24) is 15.1 Å². The number of hydrogen-bond donors (Lipinski definition) is 2. The summed E-state index contributed by atoms with van der Waals surface area (Å²) in [6, 6.07) is 9.02. The van der Waals surface area contributed by atoms with Crippen molar-refractivity contribution < 1.29 is 18.7 Å². The number of benzene rings is 2. The van der Waals surface area contributed by atoms with E-state index in [1.165, 1.54) is 23.5 Å². The van der Waals surface area contributed by atoms with Crippen molar-refractivity contribution in [3.8, 4) is 39.4 Å². The number of anilines is 3. The number of nitrogen functional groups attached to an aromatic ring is 1. The van der Waals surface area contributed by atoms with Crippen LogP contribution in [0.4, 0.5) is 16.5 Å². The Hall–Kier alpha value is -3.83. The highest BCUT2D eigenvalue weighted by molar-refractivity contribution is 7.18. The van der Waals surface area contributed by atoms with Gasteiger partial charge in [0.05, 0.1) is 33.2 Å². The molecular formula is C21H22N6O4S. The lowest BCUT2D eigenvalue weighted by molar-refractivity contribution is 0.324. The Bertz CT molecular complexity index is 1230. The second-order valence-corrected chi connectivity index (χ2v) is 7.77. The molecule has 0 saturated heterocycles. The van der Waals surface area contributed by atoms with Crippen LogP contribution in [0.15, 0.2) is 41.1 Å². The molecule has 166 valence electrons. The molecule has 0 radical (unpaired) electrons. The van der Waals surface area contributed by atoms with Gasteiger partial charge in [0.15, 0.2) is 11.5 Å². The first-order chi connectivity index (χ1) is 15.4. The summed E-state index contributed by atoms with van der Waals surface area (Å²) in [5, 5.41) is 6.01. The van der Waals surface area contributed by atoms with Crippen LogP contribution in [-0.4, -0.2) is 36.5 Å². The zero-order valence-electron chi connectivity index (χ0n) is 17.9. The van der Waals surface area contributed by atoms with Gasteiger partial charge in [0.2, 0.25) is 16.7 Å². The molecule has 2 aromatic carbocycles. The molecule has 0 aliphatic carbocycles. The van der Waals surface area contributed by atoms with E-state index in [0.29, 0.717) is 50.3 Å². The number of nitrogens with two attached hydrogens (primary N) is 2. The van der Waals surface area contributed by atoms with Crippen molar-refractivity contribution in [3.05, 3.63) is 42.1 Å². The van der Waals surface area contributed by atoms with Gasteiger partial charge >= 0.3 is 0 Å². The number of nitrogens with zero attached hydrogens (tertiary/aromatic N) is 4. The van der Waals surface area contributed by atoms with Gasteiger partial charge in [0, 0.05) is 23.4 Å². The van der Waals surface area contributed by atoms with Gasteiger partial charge in [-0.1, -0.05) is 22.6 Å². The van der Waals surface area contributed by atoms with Gasteiger partial charge in [-0.15, -0.1) is 0 Å². The van der Waals surface area contributed by atoms with E-state index in [9.17, 15) is 0 Å². The van der Waals surface area contributed by atoms with Crippen molar-refractivity contribution in [2.75, 3.05) is 32.1 Å². The molecule has 2 aromatic heterocycles. The molecule has 4 aromatic rings. The molecule has 0 bridgehead atoms. The lowest BCUT2D eigenvalue weighted by Gasteiger charge is -2.19. The number of methoxy groups -OCH3 is 3. The third-order valence-electron chi connectivity index (χ3n) is 4.77. The molecule has 0 spiro atoms. The lowest BCUT2D eigenvalue weighted by atomic mass is 10.1. The van der Waals surface area contributed by atoms with Crippen LogP contribution >= 0.6 is 11.3 Å². The molecule has 32 heavy (non-hydrogen) atoms. The third-order valence-corrected chi connectivity index (χ3v) is 5.75. The summed E-state index contributed by atoms with van der Waals surface area (Å²) in [5.74, 6) is 8.55. The van der Waals surface area contributed by atoms with Crippen molar-refractivity contribution >= 4 is 27.8 Å². The first-order valence-corrected chi connectivity index (χ1v) is 10.3. The fourth-order valence-electron chi connectivity index (χ4n) is 3.11. The normalized spacial score (nSPS) is 10.8. The van der Waals surface area contributed by atoms with Gasteiger partial charge in [0.25, 0.3) is 5.89 Å². The predicted molar refractivity (Wildman–Crippen MR) is 122 cm³/mol. The standard InChI is InChI=1S/C21H22N6O4S/c1-11-5-6-12(22)7-14(11)19-25-20(31-26-19)17-10-24-21(32-17)27(23)13-8-15(28-2)18(30-4)16(9-13)29-3/h5-10H,22-23H2,1-4H3. The second-order valence-electron chi connectivity index (χ2n) is 6.76. The second kappa shape index (κ2) is 8.73. The van der Waals surface area contributed by atoms with Crippen LogP contribution in [-0.2, 0) is 0 Å². The van der Waals surface area contributed by atoms with E-state index in [2.05, 4.69) is 15.1 Å². The predicted octanol–water partition coefficient (Wildman–Crippen LogP) is 3.79. The molecule has 4 rings (SSSR count). The van der Waals surface area contributed by atoms with Crippen LogP contribution in [0.25, 0.3) is 22.2 Å². The first-order valence-electron chi connectivity index (χ1n) is 9.46. The maximum Gasteiger partial charge on any atom is 0.270 e. The molecule has 0 aliphatic heterocycles. The first kappa shape index (κ1) is 21.4. The zero-order chi connectivity index (χ0) is 22.8. The van der Waals surface area contributed by atoms with Crippen molar-refractivity contribution in [2.45, 2.75) is 6.92 Å². The Balaban J connectivity index is 1.64. The van der Waals surface area contributed by atoms with Crippen molar-refractivity contribution in [1.29, 1.82) is 0 Å². The quantitative estimate of drug-likeness (QED) is 0.241. The van der Waals surface area contributed by atoms with Crippen LogP contribution < -0.4 is 30.8 Å². The summed E-state index contributed by atoms with van der Waals surface area (Å²) in [6.07, 6.45) is 1.63. The molecule has 0 saturated carbocycles. The van der Waals surface area contributed by atoms with Crippen LogP contribution in [0.3, 0.4) is 0 Å². The molecule has 0 atom stereocenters. The highest BCUT2D eigenvalue weighted by Gasteiger charge is 2.20. The van der Waals surface area contributed by atoms with E-state index >= 15 is 0 Å². The highest BCUT2D eigenvalue weighted by atomic mass is 32.1. The molecule has 0 aliphatic rings. The number of hydrazine groups is 1. The summed E-state index contributed by atoms with van der Waals surface area (Å²) in [6.45, 7) is 1.96. The van der Waals surface area contributed by atoms with Crippen LogP contribution in [0.2, 0.25) is 0 Å². The van der Waals surface area contributed by atoms with Crippen LogP contribution in [0, 0.1) is 6.92 Å². The van der Waals surface area contributed by atoms with Gasteiger partial charge in [-0.2, -0.15) is 4.98 Å². The molecule has 2 heterocycles. The number of ether oxygens (including phenoxy) is 3. The largest absolute Gasteiger partial charge is 0.493 e. The van der Waals surface area contributed by atoms with E-state index in [0.717, 1.165) is 11.1 Å². The molecule has 10 nitrogen and oxygen atoms in total. The third kappa shape index (κ3) is 3.90. The van der Waals surface area contributed by atoms with Gasteiger partial charge in [0.1, 0.15) is 4.88 Å². The average Bonchev–Trinajstić information content (AvgIpc) is 3.49. The monoisotopic (exact) mass is 454 g/mol. The Morgan fingerprint density at radius 1 is 1.03 bits per heavy atom. The summed E-state index contributed by atoms with van der Waals surface area (Å²) < 4.78 is 21.6. The summed E-state index contributed by atoms with van der Waals surface area (Å²) in [4.78, 5) is 9.56. The van der Waals surface area contributed by atoms with Gasteiger partial charge < -0.3 is 24.5 Å². The fourth-order valence-corrected chi connectivity index (χ4v) is 3.89. The minimum absolute atomic E-state index is 0.337. The molecule has 0 unspecified atom stereocenters. The van der Waals surface area contributed by atoms with E-state index in [1.54, 1.807) is 32.5 Å². The topological polar surface area (TPSA) is 135 Å². The summed E-state index contributed by atoms with van der Waals surface area (Å²) >= 11 is 1.30. The van der Waals surface area contributed by atoms with Crippen molar-refractivity contribution in [3.63, 3.8) is 0 Å². The van der Waals surface area contributed by atoms with E-state index < -0.39 is 0 Å². The van der Waals surface area contributed by atoms with E-state index in [-0.39, 0.29) is 0 Å². The average molecular weight is 455 g/mol. The fraction of sp³-hybridized carbons (Fsp3) is 0.190. The molecule has 0 amide bonds. The van der Waals surface area contributed by atoms with E-state index in [1.807, 2.05) is 25.1 Å². The Morgan fingerprint density at radius 3 is 2.41 bits per heavy atom. The van der Waals surface area contributed by atoms with Gasteiger partial charge in [-0.05, 0) is 24.6 Å². The summed E-state index contributed by atoms with van der Waals surface area (Å²) in [5.41, 5.74) is 8.92. The minimum Gasteiger partial charge on any atom is -0.493 e. The van der Waals surface area contributed by atoms with Crippen LogP contribution in [0.1, 0.15) is 5.56 Å². The van der Waals surface area contributed by atoms with Crippen molar-refractivity contribution in [2.24, 2.45) is 5.84 Å². The number of aromatic nitrogens is 3. The molecular weight excluding hydrogens is 432 g/mol. The maximum absolute atomic E-state index is 6.33. The van der Waals surface area contributed by atoms with Gasteiger partial charge in [-0.25, -0.2) is 10.8 Å². The maximum atomic E-state index is 6.33. The SMILES string of the molecule is COc1cc(N(N)c2ncc(-c3nc(-c4cc(N)ccc4C)no3)s2)cc(OC)c1OC. The highest BCUT2D eigenvalue weighted by Crippen LogP contribution is 2.42. The smallest absolute Gasteiger partial charge is 0.270 e. The molecule has 4 N–H and O–H groups in total. The number of aryl methyl sites for hydroxylation is 1. The number of rotatable bonds is 7. The Labute approximate surface area is 188 Å². The number of hydrogen-bond acceptors (Lipinski definition) is 11. The zero-order valence-corrected chi connectivity index (χ0v) is 18.8. The van der Waals surface area contributed by atoms with E-state index in [4.69, 9.17) is 30.3 Å². The summed E-state index contributed by atoms with van der Waals surface area (Å²) in [7, 11) is 4.62. The number of thiazole rings is 1. The molecule has 11 heteroatoms. The lowest BCUT2D eigenvalue weighted by Crippen LogP contribution is -2.24. The Kier molecular flexibility index (Phi) is 5.84. The Morgan fingerprint density at radius 2 is 1.75 bits per heavy atom. The van der Waals surface area contributed by atoms with Gasteiger partial charge in [-0.3, -0.25) is 5.01 Å². The van der Waals surface area contributed by atoms with Crippen LogP contribution in [0.5, 0.6) is 17.2 Å². The molecule has 0 fully saturated rings.